The number of nitrogens with one attached hydrogen (secondary N) is 3. The van der Waals surface area contributed by atoms with Gasteiger partial charge in [0.1, 0.15) is 12.6 Å². The van der Waals surface area contributed by atoms with Crippen LogP contribution in [0.3, 0.4) is 0 Å². The third-order valence-corrected chi connectivity index (χ3v) is 5.88. The molecule has 192 valence electrons. The second kappa shape index (κ2) is 13.4. The Kier molecular flexibility index (Phi) is 10.00. The Labute approximate surface area is 210 Å². The first-order valence-electron chi connectivity index (χ1n) is 12.2. The normalized spacial score (nSPS) is 20.2. The molecule has 1 heterocycles. The maximum absolute atomic E-state index is 13.1. The van der Waals surface area contributed by atoms with Crippen LogP contribution in [0.25, 0.3) is 10.8 Å². The Morgan fingerprint density at radius 3 is 2.69 bits per heavy atom. The Morgan fingerprint density at radius 2 is 1.92 bits per heavy atom. The number of esters is 1. The van der Waals surface area contributed by atoms with Gasteiger partial charge in [-0.15, -0.1) is 0 Å². The Balaban J connectivity index is 1.76. The number of aliphatic hydroxyl groups excluding tert-OH is 1. The Hall–Kier alpha value is -3.72. The molecule has 0 bridgehead atoms. The highest BCUT2D eigenvalue weighted by molar-refractivity contribution is 5.99. The number of fused-ring (bicyclic) bond motifs is 1. The predicted molar refractivity (Wildman–Crippen MR) is 136 cm³/mol. The number of carbonyl (C=O) groups excluding carboxylic acids is 4. The van der Waals surface area contributed by atoms with Gasteiger partial charge in [-0.1, -0.05) is 42.5 Å². The zero-order valence-corrected chi connectivity index (χ0v) is 20.4. The van der Waals surface area contributed by atoms with Crippen molar-refractivity contribution >= 4 is 40.2 Å². The van der Waals surface area contributed by atoms with Crippen molar-refractivity contribution in [2.75, 3.05) is 18.5 Å². The van der Waals surface area contributed by atoms with Crippen LogP contribution >= 0.6 is 0 Å². The van der Waals surface area contributed by atoms with Gasteiger partial charge in [0, 0.05) is 24.6 Å². The van der Waals surface area contributed by atoms with E-state index in [9.17, 15) is 24.3 Å². The molecule has 0 saturated heterocycles. The van der Waals surface area contributed by atoms with E-state index in [1.165, 1.54) is 0 Å². The van der Waals surface area contributed by atoms with E-state index in [4.69, 9.17) is 4.74 Å². The molecule has 1 aliphatic rings. The molecular formula is C27H33N3O6. The van der Waals surface area contributed by atoms with Crippen molar-refractivity contribution in [3.63, 3.8) is 0 Å². The molecule has 1 aliphatic heterocycles. The van der Waals surface area contributed by atoms with Crippen molar-refractivity contribution in [3.8, 4) is 0 Å². The minimum Gasteiger partial charge on any atom is -0.463 e. The third kappa shape index (κ3) is 8.20. The van der Waals surface area contributed by atoms with E-state index in [-0.39, 0.29) is 32.0 Å². The SMILES string of the molecule is C[C@@H](CO)NC(=O)C[C@H]1CC=CCCCC(=O)OC[C@@H](C(=O)Nc2ccc3ccccc3c2)NC1=O. The van der Waals surface area contributed by atoms with Crippen molar-refractivity contribution in [2.24, 2.45) is 5.92 Å². The fraction of sp³-hybridized carbons (Fsp3) is 0.407. The van der Waals surface area contributed by atoms with Crippen molar-refractivity contribution in [1.82, 2.24) is 10.6 Å². The van der Waals surface area contributed by atoms with Crippen LogP contribution in [-0.2, 0) is 23.9 Å². The summed E-state index contributed by atoms with van der Waals surface area (Å²) >= 11 is 0. The second-order valence-electron chi connectivity index (χ2n) is 8.95. The molecule has 2 aromatic carbocycles. The number of benzene rings is 2. The van der Waals surface area contributed by atoms with Gasteiger partial charge in [-0.05, 0) is 49.1 Å². The zero-order valence-electron chi connectivity index (χ0n) is 20.4. The predicted octanol–water partition coefficient (Wildman–Crippen LogP) is 2.44. The van der Waals surface area contributed by atoms with Gasteiger partial charge >= 0.3 is 5.97 Å². The molecule has 0 aromatic heterocycles. The first-order valence-corrected chi connectivity index (χ1v) is 12.2. The molecule has 4 N–H and O–H groups in total. The summed E-state index contributed by atoms with van der Waals surface area (Å²) in [4.78, 5) is 50.8. The average molecular weight is 496 g/mol. The van der Waals surface area contributed by atoms with E-state index < -0.39 is 35.8 Å². The standard InChI is InChI=1S/C27H33N3O6/c1-18(16-31)28-24(32)15-21-10-4-2-3-5-11-25(33)36-17-23(30-26(21)34)27(35)29-22-13-12-19-8-6-7-9-20(19)14-22/h2,4,6-9,12-14,18,21,23,31H,3,5,10-11,15-17H2,1H3,(H,28,32)(H,29,35)(H,30,34)/t18-,21+,23-/m0/s1. The zero-order chi connectivity index (χ0) is 25.9. The number of carbonyl (C=O) groups is 4. The van der Waals surface area contributed by atoms with E-state index in [0.717, 1.165) is 10.8 Å². The largest absolute Gasteiger partial charge is 0.463 e. The monoisotopic (exact) mass is 495 g/mol. The molecule has 0 radical (unpaired) electrons. The van der Waals surface area contributed by atoms with Crippen LogP contribution in [0.15, 0.2) is 54.6 Å². The second-order valence-corrected chi connectivity index (χ2v) is 8.95. The van der Waals surface area contributed by atoms with E-state index in [1.807, 2.05) is 42.5 Å². The van der Waals surface area contributed by atoms with Crippen molar-refractivity contribution in [3.05, 3.63) is 54.6 Å². The molecular weight excluding hydrogens is 462 g/mol. The van der Waals surface area contributed by atoms with E-state index in [0.29, 0.717) is 24.9 Å². The summed E-state index contributed by atoms with van der Waals surface area (Å²) in [6, 6.07) is 11.6. The fourth-order valence-corrected chi connectivity index (χ4v) is 3.85. The van der Waals surface area contributed by atoms with Gasteiger partial charge in [-0.3, -0.25) is 19.2 Å². The molecule has 3 rings (SSSR count). The highest BCUT2D eigenvalue weighted by Crippen LogP contribution is 2.19. The smallest absolute Gasteiger partial charge is 0.305 e. The van der Waals surface area contributed by atoms with Gasteiger partial charge in [0.15, 0.2) is 0 Å². The summed E-state index contributed by atoms with van der Waals surface area (Å²) in [6.45, 7) is 1.12. The van der Waals surface area contributed by atoms with Crippen LogP contribution in [0.5, 0.6) is 0 Å². The van der Waals surface area contributed by atoms with Gasteiger partial charge < -0.3 is 25.8 Å². The van der Waals surface area contributed by atoms with Gasteiger partial charge in [0.2, 0.25) is 11.8 Å². The number of amides is 3. The maximum atomic E-state index is 13.1. The minimum absolute atomic E-state index is 0.112. The lowest BCUT2D eigenvalue weighted by Crippen LogP contribution is -2.49. The summed E-state index contributed by atoms with van der Waals surface area (Å²) in [5, 5.41) is 19.2. The first-order chi connectivity index (χ1) is 17.4. The van der Waals surface area contributed by atoms with Crippen LogP contribution < -0.4 is 16.0 Å². The van der Waals surface area contributed by atoms with Gasteiger partial charge in [-0.2, -0.15) is 0 Å². The molecule has 3 amide bonds. The number of aliphatic hydroxyl groups is 1. The number of rotatable bonds is 6. The van der Waals surface area contributed by atoms with E-state index in [2.05, 4.69) is 16.0 Å². The Morgan fingerprint density at radius 1 is 1.14 bits per heavy atom. The molecule has 9 nitrogen and oxygen atoms in total. The first kappa shape index (κ1) is 26.9. The maximum Gasteiger partial charge on any atom is 0.305 e. The van der Waals surface area contributed by atoms with Gasteiger partial charge in [0.25, 0.3) is 5.91 Å². The van der Waals surface area contributed by atoms with Crippen molar-refractivity contribution in [1.29, 1.82) is 0 Å². The molecule has 2 aromatic rings. The molecule has 0 fully saturated rings. The van der Waals surface area contributed by atoms with Crippen molar-refractivity contribution in [2.45, 2.75) is 51.1 Å². The molecule has 9 heteroatoms. The molecule has 0 unspecified atom stereocenters. The molecule has 0 spiro atoms. The number of anilines is 1. The highest BCUT2D eigenvalue weighted by atomic mass is 16.5. The van der Waals surface area contributed by atoms with Gasteiger partial charge in [0.05, 0.1) is 12.5 Å². The number of ether oxygens (including phenoxy) is 1. The average Bonchev–Trinajstić information content (AvgIpc) is 2.88. The summed E-state index contributed by atoms with van der Waals surface area (Å²) in [5.74, 6) is -2.60. The van der Waals surface area contributed by atoms with Crippen LogP contribution in [0.1, 0.15) is 39.0 Å². The van der Waals surface area contributed by atoms with Crippen LogP contribution in [-0.4, -0.2) is 54.1 Å². The highest BCUT2D eigenvalue weighted by Gasteiger charge is 2.28. The minimum atomic E-state index is -1.14. The van der Waals surface area contributed by atoms with E-state index >= 15 is 0 Å². The van der Waals surface area contributed by atoms with Crippen LogP contribution in [0.2, 0.25) is 0 Å². The number of cyclic esters (lactones) is 1. The fourth-order valence-electron chi connectivity index (χ4n) is 3.85. The number of hydrogen-bond acceptors (Lipinski definition) is 6. The summed E-state index contributed by atoms with van der Waals surface area (Å²) in [6.07, 6.45) is 5.25. The summed E-state index contributed by atoms with van der Waals surface area (Å²) in [7, 11) is 0. The quantitative estimate of drug-likeness (QED) is 0.359. The molecule has 36 heavy (non-hydrogen) atoms. The van der Waals surface area contributed by atoms with Crippen molar-refractivity contribution < 1.29 is 29.0 Å². The topological polar surface area (TPSA) is 134 Å². The third-order valence-electron chi connectivity index (χ3n) is 5.88. The molecule has 0 aliphatic carbocycles. The van der Waals surface area contributed by atoms with Crippen LogP contribution in [0, 0.1) is 5.92 Å². The molecule has 0 saturated carbocycles. The lowest BCUT2D eigenvalue weighted by atomic mass is 9.98. The lowest BCUT2D eigenvalue weighted by molar-refractivity contribution is -0.146. The van der Waals surface area contributed by atoms with Crippen LogP contribution in [0.4, 0.5) is 5.69 Å². The van der Waals surface area contributed by atoms with E-state index in [1.54, 1.807) is 19.1 Å². The summed E-state index contributed by atoms with van der Waals surface area (Å²) in [5.41, 5.74) is 0.541. The summed E-state index contributed by atoms with van der Waals surface area (Å²) < 4.78 is 5.28. The molecule has 3 atom stereocenters. The number of hydrogen-bond donors (Lipinski definition) is 4. The number of allylic oxidation sites excluding steroid dienone is 2. The Bertz CT molecular complexity index is 1120. The van der Waals surface area contributed by atoms with Gasteiger partial charge in [-0.25, -0.2) is 0 Å². The lowest BCUT2D eigenvalue weighted by Gasteiger charge is -2.22.